The Hall–Kier alpha value is -1.94. The SMILES string of the molecule is Cc1cc2nc(CN)cn2c2c(F)cccc12. The molecule has 3 rings (SSSR count). The van der Waals surface area contributed by atoms with Crippen LogP contribution >= 0.6 is 0 Å². The fourth-order valence-corrected chi connectivity index (χ4v) is 2.17. The molecule has 3 aromatic rings. The van der Waals surface area contributed by atoms with Gasteiger partial charge in [-0.1, -0.05) is 12.1 Å². The zero-order valence-corrected chi connectivity index (χ0v) is 9.44. The second-order valence-electron chi connectivity index (χ2n) is 4.13. The fraction of sp³-hybridized carbons (Fsp3) is 0.154. The summed E-state index contributed by atoms with van der Waals surface area (Å²) in [6, 6.07) is 7.04. The van der Waals surface area contributed by atoms with Gasteiger partial charge in [0.15, 0.2) is 0 Å². The van der Waals surface area contributed by atoms with Crippen molar-refractivity contribution in [3.05, 3.63) is 47.5 Å². The average molecular weight is 229 g/mol. The molecule has 2 N–H and O–H groups in total. The predicted molar refractivity (Wildman–Crippen MR) is 65.3 cm³/mol. The van der Waals surface area contributed by atoms with Crippen molar-refractivity contribution < 1.29 is 4.39 Å². The smallest absolute Gasteiger partial charge is 0.147 e. The third kappa shape index (κ3) is 1.41. The van der Waals surface area contributed by atoms with Gasteiger partial charge in [-0.15, -0.1) is 0 Å². The highest BCUT2D eigenvalue weighted by atomic mass is 19.1. The summed E-state index contributed by atoms with van der Waals surface area (Å²) in [6.07, 6.45) is 1.79. The minimum Gasteiger partial charge on any atom is -0.325 e. The minimum atomic E-state index is -0.239. The van der Waals surface area contributed by atoms with Gasteiger partial charge in [-0.05, 0) is 24.6 Å². The van der Waals surface area contributed by atoms with E-state index in [-0.39, 0.29) is 5.82 Å². The Morgan fingerprint density at radius 1 is 1.41 bits per heavy atom. The van der Waals surface area contributed by atoms with Crippen LogP contribution in [0.25, 0.3) is 16.6 Å². The summed E-state index contributed by atoms with van der Waals surface area (Å²) in [7, 11) is 0. The van der Waals surface area contributed by atoms with E-state index in [0.29, 0.717) is 12.1 Å². The molecule has 0 fully saturated rings. The fourth-order valence-electron chi connectivity index (χ4n) is 2.17. The van der Waals surface area contributed by atoms with E-state index >= 15 is 0 Å². The van der Waals surface area contributed by atoms with Crippen LogP contribution in [0.5, 0.6) is 0 Å². The van der Waals surface area contributed by atoms with Crippen molar-refractivity contribution in [1.29, 1.82) is 0 Å². The van der Waals surface area contributed by atoms with Gasteiger partial charge in [-0.3, -0.25) is 4.40 Å². The van der Waals surface area contributed by atoms with Crippen molar-refractivity contribution in [2.45, 2.75) is 13.5 Å². The molecule has 0 aliphatic carbocycles. The minimum absolute atomic E-state index is 0.239. The molecule has 0 saturated heterocycles. The molecule has 0 spiro atoms. The number of fused-ring (bicyclic) bond motifs is 3. The number of nitrogens with zero attached hydrogens (tertiary/aromatic N) is 2. The second-order valence-corrected chi connectivity index (χ2v) is 4.13. The van der Waals surface area contributed by atoms with Gasteiger partial charge in [0.25, 0.3) is 0 Å². The molecule has 3 nitrogen and oxygen atoms in total. The molecule has 0 unspecified atom stereocenters. The molecule has 0 aliphatic heterocycles. The van der Waals surface area contributed by atoms with Crippen molar-refractivity contribution in [3.8, 4) is 0 Å². The van der Waals surface area contributed by atoms with Crippen LogP contribution in [0, 0.1) is 12.7 Å². The van der Waals surface area contributed by atoms with Gasteiger partial charge < -0.3 is 5.73 Å². The van der Waals surface area contributed by atoms with E-state index in [1.54, 1.807) is 16.7 Å². The summed E-state index contributed by atoms with van der Waals surface area (Å²) in [6.45, 7) is 2.31. The van der Waals surface area contributed by atoms with Crippen molar-refractivity contribution in [2.24, 2.45) is 5.73 Å². The molecule has 86 valence electrons. The molecular weight excluding hydrogens is 217 g/mol. The lowest BCUT2D eigenvalue weighted by Gasteiger charge is -2.06. The Balaban J connectivity index is 2.56. The van der Waals surface area contributed by atoms with Crippen LogP contribution in [0.3, 0.4) is 0 Å². The summed E-state index contributed by atoms with van der Waals surface area (Å²) in [4.78, 5) is 4.35. The highest BCUT2D eigenvalue weighted by Crippen LogP contribution is 2.23. The number of halogens is 1. The molecule has 2 aromatic heterocycles. The Kier molecular flexibility index (Phi) is 2.12. The predicted octanol–water partition coefficient (Wildman–Crippen LogP) is 2.39. The maximum atomic E-state index is 13.9. The maximum Gasteiger partial charge on any atom is 0.147 e. The van der Waals surface area contributed by atoms with Crippen molar-refractivity contribution in [1.82, 2.24) is 9.38 Å². The van der Waals surface area contributed by atoms with Crippen LogP contribution < -0.4 is 5.73 Å². The van der Waals surface area contributed by atoms with Gasteiger partial charge >= 0.3 is 0 Å². The monoisotopic (exact) mass is 229 g/mol. The number of aryl methyl sites for hydroxylation is 1. The van der Waals surface area contributed by atoms with Crippen LogP contribution in [0.1, 0.15) is 11.3 Å². The van der Waals surface area contributed by atoms with E-state index in [1.165, 1.54) is 6.07 Å². The van der Waals surface area contributed by atoms with Gasteiger partial charge in [0.05, 0.1) is 11.2 Å². The van der Waals surface area contributed by atoms with Crippen molar-refractivity contribution in [2.75, 3.05) is 0 Å². The first-order valence-corrected chi connectivity index (χ1v) is 5.46. The van der Waals surface area contributed by atoms with Gasteiger partial charge in [0.1, 0.15) is 11.5 Å². The zero-order valence-electron chi connectivity index (χ0n) is 9.44. The van der Waals surface area contributed by atoms with Crippen LogP contribution in [-0.2, 0) is 6.54 Å². The first kappa shape index (κ1) is 10.2. The number of benzene rings is 1. The first-order chi connectivity index (χ1) is 8.20. The van der Waals surface area contributed by atoms with Crippen LogP contribution in [0.2, 0.25) is 0 Å². The molecule has 0 radical (unpaired) electrons. The zero-order chi connectivity index (χ0) is 12.0. The number of hydrogen-bond acceptors (Lipinski definition) is 2. The van der Waals surface area contributed by atoms with Crippen molar-refractivity contribution >= 4 is 16.6 Å². The van der Waals surface area contributed by atoms with E-state index in [0.717, 1.165) is 22.3 Å². The first-order valence-electron chi connectivity index (χ1n) is 5.46. The normalized spacial score (nSPS) is 11.5. The average Bonchev–Trinajstić information content (AvgIpc) is 2.72. The Morgan fingerprint density at radius 2 is 2.24 bits per heavy atom. The largest absolute Gasteiger partial charge is 0.325 e. The van der Waals surface area contributed by atoms with Crippen LogP contribution in [0.4, 0.5) is 4.39 Å². The topological polar surface area (TPSA) is 43.3 Å². The highest BCUT2D eigenvalue weighted by molar-refractivity contribution is 5.86. The van der Waals surface area contributed by atoms with Crippen molar-refractivity contribution in [3.63, 3.8) is 0 Å². The highest BCUT2D eigenvalue weighted by Gasteiger charge is 2.10. The lowest BCUT2D eigenvalue weighted by atomic mass is 10.1. The molecule has 0 amide bonds. The summed E-state index contributed by atoms with van der Waals surface area (Å²) in [5.41, 5.74) is 8.64. The number of aromatic nitrogens is 2. The number of para-hydroxylation sites is 1. The van der Waals surface area contributed by atoms with E-state index < -0.39 is 0 Å². The summed E-state index contributed by atoms with van der Waals surface area (Å²) in [5.74, 6) is -0.239. The third-order valence-corrected chi connectivity index (χ3v) is 2.99. The number of rotatable bonds is 1. The van der Waals surface area contributed by atoms with E-state index in [1.807, 2.05) is 19.1 Å². The lowest BCUT2D eigenvalue weighted by molar-refractivity contribution is 0.635. The quantitative estimate of drug-likeness (QED) is 0.696. The second kappa shape index (κ2) is 3.53. The number of nitrogens with two attached hydrogens (primary N) is 1. The van der Waals surface area contributed by atoms with Crippen LogP contribution in [0.15, 0.2) is 30.5 Å². The summed E-state index contributed by atoms with van der Waals surface area (Å²) >= 11 is 0. The summed E-state index contributed by atoms with van der Waals surface area (Å²) < 4.78 is 15.7. The molecule has 0 atom stereocenters. The molecule has 0 bridgehead atoms. The molecule has 1 aromatic carbocycles. The summed E-state index contributed by atoms with van der Waals surface area (Å²) in [5, 5.41) is 0.901. The lowest BCUT2D eigenvalue weighted by Crippen LogP contribution is -1.95. The number of imidazole rings is 1. The van der Waals surface area contributed by atoms with Crippen LogP contribution in [-0.4, -0.2) is 9.38 Å². The standard InChI is InChI=1S/C13H12FN3/c1-8-5-12-16-9(6-15)7-17(12)13-10(8)3-2-4-11(13)14/h2-5,7H,6,15H2,1H3. The Bertz CT molecular complexity index is 715. The Labute approximate surface area is 97.7 Å². The molecular formula is C13H12FN3. The molecule has 4 heteroatoms. The number of hydrogen-bond donors (Lipinski definition) is 1. The molecule has 0 aliphatic rings. The van der Waals surface area contributed by atoms with E-state index in [2.05, 4.69) is 4.98 Å². The molecule has 0 saturated carbocycles. The molecule has 17 heavy (non-hydrogen) atoms. The van der Waals surface area contributed by atoms with Gasteiger partial charge in [0, 0.05) is 18.1 Å². The van der Waals surface area contributed by atoms with E-state index in [4.69, 9.17) is 5.73 Å². The van der Waals surface area contributed by atoms with Gasteiger partial charge in [-0.2, -0.15) is 0 Å². The third-order valence-electron chi connectivity index (χ3n) is 2.99. The Morgan fingerprint density at radius 3 is 3.00 bits per heavy atom. The van der Waals surface area contributed by atoms with E-state index in [9.17, 15) is 4.39 Å². The van der Waals surface area contributed by atoms with Gasteiger partial charge in [-0.25, -0.2) is 9.37 Å². The van der Waals surface area contributed by atoms with Gasteiger partial charge in [0.2, 0.25) is 0 Å². The molecule has 2 heterocycles. The number of pyridine rings is 1. The maximum absolute atomic E-state index is 13.9.